The van der Waals surface area contributed by atoms with Crippen LogP contribution in [0.1, 0.15) is 52.7 Å². The van der Waals surface area contributed by atoms with E-state index in [-0.39, 0.29) is 5.91 Å². The Labute approximate surface area is 188 Å². The molecule has 31 heavy (non-hydrogen) atoms. The van der Waals surface area contributed by atoms with Crippen LogP contribution in [0.15, 0.2) is 47.5 Å². The van der Waals surface area contributed by atoms with Gasteiger partial charge in [0, 0.05) is 22.5 Å². The number of ether oxygens (including phenoxy) is 1. The lowest BCUT2D eigenvalue weighted by Gasteiger charge is -2.29. The van der Waals surface area contributed by atoms with E-state index in [1.54, 1.807) is 12.1 Å². The smallest absolute Gasteiger partial charge is 0.343 e. The number of rotatable bonds is 4. The Kier molecular flexibility index (Phi) is 6.03. The van der Waals surface area contributed by atoms with Crippen molar-refractivity contribution in [2.24, 2.45) is 10.4 Å². The van der Waals surface area contributed by atoms with Gasteiger partial charge in [0.25, 0.3) is 0 Å². The number of para-hydroxylation sites is 1. The van der Waals surface area contributed by atoms with Crippen molar-refractivity contribution in [3.63, 3.8) is 0 Å². The van der Waals surface area contributed by atoms with Crippen LogP contribution in [-0.4, -0.2) is 17.5 Å². The number of hydrogen-bond acceptors (Lipinski definition) is 4. The number of fused-ring (bicyclic) bond motifs is 1. The summed E-state index contributed by atoms with van der Waals surface area (Å²) in [5, 5.41) is 4.89. The standard InChI is InChI=1S/C25H29ClN2O3/c1-23(2,3)21(29)27-15-16-11-12-19(26)18(13-16)25(22(30)31-24(4,5)6)14-17-9-7-8-10-20(17)28-25/h7-14H,15H2,1-6H3,(H,27,29). The highest BCUT2D eigenvalue weighted by Gasteiger charge is 2.44. The Morgan fingerprint density at radius 3 is 2.35 bits per heavy atom. The number of nitrogens with zero attached hydrogens (tertiary/aromatic N) is 1. The Morgan fingerprint density at radius 2 is 1.74 bits per heavy atom. The molecule has 2 aromatic rings. The van der Waals surface area contributed by atoms with Crippen LogP contribution in [0.25, 0.3) is 6.08 Å². The van der Waals surface area contributed by atoms with Crippen LogP contribution in [-0.2, 0) is 26.4 Å². The molecule has 1 atom stereocenters. The minimum Gasteiger partial charge on any atom is -0.458 e. The lowest BCUT2D eigenvalue weighted by molar-refractivity contribution is -0.159. The third-order valence-corrected chi connectivity index (χ3v) is 5.21. The fourth-order valence-electron chi connectivity index (χ4n) is 3.29. The topological polar surface area (TPSA) is 67.8 Å². The molecule has 1 unspecified atom stereocenters. The fraction of sp³-hybridized carbons (Fsp3) is 0.400. The molecule has 0 saturated heterocycles. The predicted molar refractivity (Wildman–Crippen MR) is 122 cm³/mol. The molecule has 1 aliphatic heterocycles. The van der Waals surface area contributed by atoms with Crippen LogP contribution >= 0.6 is 11.6 Å². The number of carbonyl (C=O) groups excluding carboxylic acids is 2. The van der Waals surface area contributed by atoms with Crippen molar-refractivity contribution < 1.29 is 14.3 Å². The molecule has 3 rings (SSSR count). The summed E-state index contributed by atoms with van der Waals surface area (Å²) >= 11 is 6.58. The number of benzene rings is 2. The molecule has 1 aliphatic rings. The molecule has 0 aromatic heterocycles. The third kappa shape index (κ3) is 4.99. The average molecular weight is 441 g/mol. The normalized spacial score (nSPS) is 17.9. The molecule has 0 fully saturated rings. The molecule has 0 radical (unpaired) electrons. The van der Waals surface area contributed by atoms with Crippen LogP contribution in [0, 0.1) is 5.41 Å². The number of nitrogens with one attached hydrogen (secondary N) is 1. The highest BCUT2D eigenvalue weighted by atomic mass is 35.5. The van der Waals surface area contributed by atoms with Crippen LogP contribution in [0.3, 0.4) is 0 Å². The highest BCUT2D eigenvalue weighted by molar-refractivity contribution is 6.32. The Hall–Kier alpha value is -2.66. The minimum absolute atomic E-state index is 0.0598. The molecule has 0 spiro atoms. The van der Waals surface area contributed by atoms with Crippen LogP contribution < -0.4 is 15.9 Å². The van der Waals surface area contributed by atoms with E-state index in [0.717, 1.165) is 10.8 Å². The van der Waals surface area contributed by atoms with Gasteiger partial charge in [-0.15, -0.1) is 0 Å². The summed E-state index contributed by atoms with van der Waals surface area (Å²) in [4.78, 5) is 30.5. The van der Waals surface area contributed by atoms with Crippen molar-refractivity contribution in [3.8, 4) is 0 Å². The number of carbonyl (C=O) groups is 2. The number of hydrogen-bond donors (Lipinski definition) is 1. The second kappa shape index (κ2) is 8.12. The first-order valence-electron chi connectivity index (χ1n) is 10.3. The molecule has 2 aromatic carbocycles. The van der Waals surface area contributed by atoms with Crippen LogP contribution in [0.5, 0.6) is 0 Å². The molecule has 0 saturated carbocycles. The molecular formula is C25H29ClN2O3. The number of halogens is 1. The number of esters is 1. The molecule has 0 bridgehead atoms. The number of amides is 1. The third-order valence-electron chi connectivity index (χ3n) is 4.88. The van der Waals surface area contributed by atoms with E-state index in [2.05, 4.69) is 5.32 Å². The first-order chi connectivity index (χ1) is 14.3. The maximum atomic E-state index is 13.4. The SMILES string of the molecule is CC(C)(C)OC(=O)C1(c2cc(CNC(=O)C(C)(C)C)ccc2Cl)C=c2ccccc2=N1. The fourth-order valence-corrected chi connectivity index (χ4v) is 3.55. The maximum absolute atomic E-state index is 13.4. The van der Waals surface area contributed by atoms with Gasteiger partial charge in [-0.3, -0.25) is 9.79 Å². The Balaban J connectivity index is 2.08. The van der Waals surface area contributed by atoms with Gasteiger partial charge in [-0.1, -0.05) is 56.6 Å². The lowest BCUT2D eigenvalue weighted by atomic mass is 9.89. The van der Waals surface area contributed by atoms with Gasteiger partial charge < -0.3 is 10.1 Å². The highest BCUT2D eigenvalue weighted by Crippen LogP contribution is 2.37. The van der Waals surface area contributed by atoms with E-state index in [4.69, 9.17) is 21.3 Å². The summed E-state index contributed by atoms with van der Waals surface area (Å²) in [5.74, 6) is -0.552. The molecule has 1 N–H and O–H groups in total. The van der Waals surface area contributed by atoms with Crippen molar-refractivity contribution in [1.29, 1.82) is 0 Å². The van der Waals surface area contributed by atoms with E-state index >= 15 is 0 Å². The van der Waals surface area contributed by atoms with E-state index in [9.17, 15) is 9.59 Å². The lowest BCUT2D eigenvalue weighted by Crippen LogP contribution is -2.38. The van der Waals surface area contributed by atoms with Crippen molar-refractivity contribution >= 4 is 29.6 Å². The van der Waals surface area contributed by atoms with Crippen molar-refractivity contribution in [2.75, 3.05) is 0 Å². The van der Waals surface area contributed by atoms with Gasteiger partial charge in [0.15, 0.2) is 0 Å². The molecule has 164 valence electrons. The van der Waals surface area contributed by atoms with Gasteiger partial charge in [0.2, 0.25) is 11.4 Å². The molecular weight excluding hydrogens is 412 g/mol. The zero-order chi connectivity index (χ0) is 23.0. The molecule has 1 amide bonds. The van der Waals surface area contributed by atoms with Crippen molar-refractivity contribution in [2.45, 2.75) is 59.2 Å². The molecule has 5 nitrogen and oxygen atoms in total. The summed E-state index contributed by atoms with van der Waals surface area (Å²) in [6.45, 7) is 11.4. The van der Waals surface area contributed by atoms with Gasteiger partial charge in [-0.25, -0.2) is 4.79 Å². The predicted octanol–water partition coefficient (Wildman–Crippen LogP) is 3.65. The largest absolute Gasteiger partial charge is 0.458 e. The Bertz CT molecular complexity index is 1110. The van der Waals surface area contributed by atoms with E-state index < -0.39 is 22.5 Å². The summed E-state index contributed by atoms with van der Waals surface area (Å²) in [5.41, 5.74) is -1.23. The van der Waals surface area contributed by atoms with Gasteiger partial charge in [-0.05, 0) is 55.8 Å². The summed E-state index contributed by atoms with van der Waals surface area (Å²) in [7, 11) is 0. The molecule has 0 aliphatic carbocycles. The first kappa shape index (κ1) is 23.0. The Morgan fingerprint density at radius 1 is 1.06 bits per heavy atom. The summed E-state index contributed by atoms with van der Waals surface area (Å²) in [6, 6.07) is 12.9. The monoisotopic (exact) mass is 440 g/mol. The van der Waals surface area contributed by atoms with Gasteiger partial charge in [0.05, 0.1) is 5.36 Å². The zero-order valence-corrected chi connectivity index (χ0v) is 19.6. The maximum Gasteiger partial charge on any atom is 0.343 e. The quantitative estimate of drug-likeness (QED) is 0.738. The second-order valence-corrected chi connectivity index (χ2v) is 10.2. The van der Waals surface area contributed by atoms with E-state index in [1.807, 2.05) is 77.9 Å². The molecule has 6 heteroatoms. The van der Waals surface area contributed by atoms with Crippen molar-refractivity contribution in [3.05, 3.63) is 69.2 Å². The van der Waals surface area contributed by atoms with Gasteiger partial charge in [0.1, 0.15) is 5.60 Å². The van der Waals surface area contributed by atoms with Crippen molar-refractivity contribution in [1.82, 2.24) is 5.32 Å². The summed E-state index contributed by atoms with van der Waals surface area (Å²) < 4.78 is 5.76. The van der Waals surface area contributed by atoms with E-state index in [0.29, 0.717) is 22.5 Å². The first-order valence-corrected chi connectivity index (χ1v) is 10.7. The second-order valence-electron chi connectivity index (χ2n) is 9.83. The molecule has 1 heterocycles. The minimum atomic E-state index is -1.39. The average Bonchev–Trinajstić information content (AvgIpc) is 3.05. The van der Waals surface area contributed by atoms with Crippen LogP contribution in [0.4, 0.5) is 0 Å². The van der Waals surface area contributed by atoms with E-state index in [1.165, 1.54) is 0 Å². The summed E-state index contributed by atoms with van der Waals surface area (Å²) in [6.07, 6.45) is 1.80. The van der Waals surface area contributed by atoms with Crippen LogP contribution in [0.2, 0.25) is 5.02 Å². The van der Waals surface area contributed by atoms with Gasteiger partial charge in [-0.2, -0.15) is 0 Å². The zero-order valence-electron chi connectivity index (χ0n) is 18.9. The van der Waals surface area contributed by atoms with Gasteiger partial charge >= 0.3 is 5.97 Å².